The summed E-state index contributed by atoms with van der Waals surface area (Å²) < 4.78 is 38.7. The minimum Gasteiger partial charge on any atom is -0.493 e. The first-order chi connectivity index (χ1) is 12.4. The van der Waals surface area contributed by atoms with E-state index in [1.807, 2.05) is 24.3 Å². The molecule has 9 heteroatoms. The third-order valence-electron chi connectivity index (χ3n) is 4.17. The summed E-state index contributed by atoms with van der Waals surface area (Å²) in [4.78, 5) is 0. The van der Waals surface area contributed by atoms with Gasteiger partial charge < -0.3 is 9.47 Å². The van der Waals surface area contributed by atoms with Crippen molar-refractivity contribution < 1.29 is 17.9 Å². The Morgan fingerprint density at radius 1 is 1.38 bits per heavy atom. The molecule has 1 aliphatic heterocycles. The Morgan fingerprint density at radius 3 is 2.81 bits per heavy atom. The van der Waals surface area contributed by atoms with Gasteiger partial charge in [-0.15, -0.1) is 0 Å². The third kappa shape index (κ3) is 5.70. The summed E-state index contributed by atoms with van der Waals surface area (Å²) in [6.07, 6.45) is 5.19. The lowest BCUT2D eigenvalue weighted by Gasteiger charge is -2.31. The first kappa shape index (κ1) is 19.2. The van der Waals surface area contributed by atoms with Crippen LogP contribution in [0.4, 0.5) is 0 Å². The van der Waals surface area contributed by atoms with E-state index in [1.54, 1.807) is 17.1 Å². The van der Waals surface area contributed by atoms with Gasteiger partial charge in [-0.3, -0.25) is 4.68 Å². The second-order valence-corrected chi connectivity index (χ2v) is 8.65. The van der Waals surface area contributed by atoms with Crippen molar-refractivity contribution in [1.82, 2.24) is 14.5 Å². The number of hydrogen-bond acceptors (Lipinski definition) is 5. The van der Waals surface area contributed by atoms with Gasteiger partial charge in [0.1, 0.15) is 5.75 Å². The van der Waals surface area contributed by atoms with Gasteiger partial charge in [0.05, 0.1) is 37.2 Å². The molecular weight excluding hydrogens is 378 g/mol. The quantitative estimate of drug-likeness (QED) is 0.769. The van der Waals surface area contributed by atoms with Gasteiger partial charge in [-0.2, -0.15) is 5.10 Å². The average molecular weight is 400 g/mol. The van der Waals surface area contributed by atoms with Crippen LogP contribution in [0.3, 0.4) is 0 Å². The zero-order valence-electron chi connectivity index (χ0n) is 14.5. The number of nitrogens with zero attached hydrogens (tertiary/aromatic N) is 2. The molecule has 1 aliphatic rings. The Hall–Kier alpha value is -1.61. The molecule has 0 amide bonds. The molecule has 1 aromatic heterocycles. The van der Waals surface area contributed by atoms with E-state index in [4.69, 9.17) is 21.1 Å². The third-order valence-corrected chi connectivity index (χ3v) is 5.10. The topological polar surface area (TPSA) is 82.5 Å². The van der Waals surface area contributed by atoms with Crippen LogP contribution in [0.15, 0.2) is 36.7 Å². The van der Waals surface area contributed by atoms with E-state index in [1.165, 1.54) is 6.26 Å². The number of aromatic nitrogens is 2. The molecule has 1 fully saturated rings. The average Bonchev–Trinajstić information content (AvgIpc) is 2.99. The van der Waals surface area contributed by atoms with E-state index < -0.39 is 10.0 Å². The molecule has 0 unspecified atom stereocenters. The Balaban J connectivity index is 1.55. The molecule has 0 aliphatic carbocycles. The Labute approximate surface area is 158 Å². The maximum atomic E-state index is 11.5. The Morgan fingerprint density at radius 2 is 2.15 bits per heavy atom. The molecule has 0 saturated carbocycles. The number of benzene rings is 1. The number of sulfonamides is 1. The Kier molecular flexibility index (Phi) is 6.18. The molecule has 2 heterocycles. The van der Waals surface area contributed by atoms with E-state index in [0.717, 1.165) is 11.3 Å². The molecule has 0 spiro atoms. The maximum absolute atomic E-state index is 11.5. The summed E-state index contributed by atoms with van der Waals surface area (Å²) in [7, 11) is -3.25. The molecule has 2 aromatic rings. The van der Waals surface area contributed by atoms with Crippen molar-refractivity contribution in [2.75, 3.05) is 26.1 Å². The van der Waals surface area contributed by atoms with Crippen molar-refractivity contribution in [3.05, 3.63) is 47.2 Å². The van der Waals surface area contributed by atoms with Crippen LogP contribution < -0.4 is 9.46 Å². The van der Waals surface area contributed by atoms with Crippen LogP contribution in [-0.4, -0.2) is 50.3 Å². The first-order valence-corrected chi connectivity index (χ1v) is 10.6. The van der Waals surface area contributed by atoms with Crippen LogP contribution in [0.5, 0.6) is 5.75 Å². The predicted octanol–water partition coefficient (Wildman–Crippen LogP) is 1.92. The van der Waals surface area contributed by atoms with Gasteiger partial charge in [-0.25, -0.2) is 13.1 Å². The predicted molar refractivity (Wildman–Crippen MR) is 99.0 cm³/mol. The van der Waals surface area contributed by atoms with Gasteiger partial charge in [-0.05, 0) is 24.1 Å². The van der Waals surface area contributed by atoms with Crippen LogP contribution in [-0.2, 0) is 21.3 Å². The van der Waals surface area contributed by atoms with Crippen molar-refractivity contribution in [1.29, 1.82) is 0 Å². The fraction of sp³-hybridized carbons (Fsp3) is 0.471. The molecule has 1 N–H and O–H groups in total. The minimum atomic E-state index is -3.25. The van der Waals surface area contributed by atoms with E-state index in [0.29, 0.717) is 37.8 Å². The number of nitrogens with one attached hydrogen (secondary N) is 1. The fourth-order valence-corrected chi connectivity index (χ4v) is 3.91. The van der Waals surface area contributed by atoms with Crippen LogP contribution in [0.1, 0.15) is 12.0 Å². The van der Waals surface area contributed by atoms with E-state index in [2.05, 4.69) is 9.82 Å². The highest BCUT2D eigenvalue weighted by molar-refractivity contribution is 7.88. The number of halogens is 1. The highest BCUT2D eigenvalue weighted by Crippen LogP contribution is 2.19. The van der Waals surface area contributed by atoms with Gasteiger partial charge in [-0.1, -0.05) is 23.7 Å². The van der Waals surface area contributed by atoms with Crippen LogP contribution in [0, 0.1) is 5.92 Å². The monoisotopic (exact) mass is 399 g/mol. The highest BCUT2D eigenvalue weighted by Gasteiger charge is 2.28. The van der Waals surface area contributed by atoms with Crippen molar-refractivity contribution >= 4 is 21.6 Å². The summed E-state index contributed by atoms with van der Waals surface area (Å²) in [5.74, 6) is 0.709. The summed E-state index contributed by atoms with van der Waals surface area (Å²) in [5.41, 5.74) is 1.08. The molecule has 1 saturated heterocycles. The van der Waals surface area contributed by atoms with Crippen molar-refractivity contribution in [3.8, 4) is 5.75 Å². The molecule has 142 valence electrons. The largest absolute Gasteiger partial charge is 0.493 e. The van der Waals surface area contributed by atoms with E-state index in [9.17, 15) is 8.42 Å². The van der Waals surface area contributed by atoms with Gasteiger partial charge in [0, 0.05) is 24.8 Å². The summed E-state index contributed by atoms with van der Waals surface area (Å²) in [6.45, 7) is 2.05. The summed E-state index contributed by atoms with van der Waals surface area (Å²) in [6, 6.07) is 7.55. The first-order valence-electron chi connectivity index (χ1n) is 8.34. The molecule has 2 atom stereocenters. The normalized spacial score (nSPS) is 20.8. The van der Waals surface area contributed by atoms with Gasteiger partial charge in [0.15, 0.2) is 0 Å². The highest BCUT2D eigenvalue weighted by atomic mass is 35.5. The second kappa shape index (κ2) is 8.39. The Bertz CT molecular complexity index is 823. The number of rotatable bonds is 7. The lowest BCUT2D eigenvalue weighted by atomic mass is 9.98. The summed E-state index contributed by atoms with van der Waals surface area (Å²) >= 11 is 5.86. The van der Waals surface area contributed by atoms with Crippen LogP contribution in [0.25, 0.3) is 0 Å². The molecule has 0 radical (unpaired) electrons. The van der Waals surface area contributed by atoms with Crippen molar-refractivity contribution in [2.45, 2.75) is 19.0 Å². The fourth-order valence-electron chi connectivity index (χ4n) is 2.90. The SMILES string of the molecule is CS(=O)(=O)N[C@H]1CCOC[C@@H]1COc1ccc(Cn2cc(Cl)cn2)cc1. The smallest absolute Gasteiger partial charge is 0.208 e. The van der Waals surface area contributed by atoms with Gasteiger partial charge in [0.25, 0.3) is 0 Å². The second-order valence-electron chi connectivity index (χ2n) is 6.43. The molecule has 0 bridgehead atoms. The standard InChI is InChI=1S/C17H22ClN3O4S/c1-26(22,23)20-17-6-7-24-11-14(17)12-25-16-4-2-13(3-5-16)9-21-10-15(18)8-19-21/h2-5,8,10,14,17,20H,6-7,9,11-12H2,1H3/t14-,17+/m1/s1. The van der Waals surface area contributed by atoms with Crippen LogP contribution in [0.2, 0.25) is 5.02 Å². The van der Waals surface area contributed by atoms with Gasteiger partial charge in [0.2, 0.25) is 10.0 Å². The zero-order chi connectivity index (χ0) is 18.6. The van der Waals surface area contributed by atoms with Crippen molar-refractivity contribution in [2.24, 2.45) is 5.92 Å². The van der Waals surface area contributed by atoms with E-state index in [-0.39, 0.29) is 12.0 Å². The molecule has 1 aromatic carbocycles. The van der Waals surface area contributed by atoms with Crippen LogP contribution >= 0.6 is 11.6 Å². The lowest BCUT2D eigenvalue weighted by molar-refractivity contribution is 0.0187. The van der Waals surface area contributed by atoms with Gasteiger partial charge >= 0.3 is 0 Å². The summed E-state index contributed by atoms with van der Waals surface area (Å²) in [5, 5.41) is 4.76. The molecule has 26 heavy (non-hydrogen) atoms. The lowest BCUT2D eigenvalue weighted by Crippen LogP contribution is -2.47. The molecule has 3 rings (SSSR count). The van der Waals surface area contributed by atoms with E-state index >= 15 is 0 Å². The maximum Gasteiger partial charge on any atom is 0.208 e. The number of hydrogen-bond donors (Lipinski definition) is 1. The number of ether oxygens (including phenoxy) is 2. The van der Waals surface area contributed by atoms with Crippen molar-refractivity contribution in [3.63, 3.8) is 0 Å². The minimum absolute atomic E-state index is 0.0237. The molecule has 7 nitrogen and oxygen atoms in total. The zero-order valence-corrected chi connectivity index (χ0v) is 16.0. The molecular formula is C17H22ClN3O4S.